The molecule has 0 saturated carbocycles. The number of aryl methyl sites for hydroxylation is 1. The molecule has 1 unspecified atom stereocenters. The van der Waals surface area contributed by atoms with E-state index in [0.717, 1.165) is 6.42 Å². The SMILES string of the molecule is CNC(C)CCc1ccc(CN)cc1. The van der Waals surface area contributed by atoms with Crippen molar-refractivity contribution in [3.63, 3.8) is 0 Å². The summed E-state index contributed by atoms with van der Waals surface area (Å²) in [6.45, 7) is 2.83. The summed E-state index contributed by atoms with van der Waals surface area (Å²) in [4.78, 5) is 0. The van der Waals surface area contributed by atoms with E-state index in [4.69, 9.17) is 5.73 Å². The van der Waals surface area contributed by atoms with Gasteiger partial charge in [0.05, 0.1) is 0 Å². The average molecular weight is 192 g/mol. The summed E-state index contributed by atoms with van der Waals surface area (Å²) in [6.07, 6.45) is 2.31. The number of nitrogens with one attached hydrogen (secondary N) is 1. The predicted octanol–water partition coefficient (Wildman–Crippen LogP) is 1.69. The van der Waals surface area contributed by atoms with E-state index >= 15 is 0 Å². The molecule has 1 atom stereocenters. The van der Waals surface area contributed by atoms with E-state index in [0.29, 0.717) is 12.6 Å². The monoisotopic (exact) mass is 192 g/mol. The molecule has 3 N–H and O–H groups in total. The number of benzene rings is 1. The minimum atomic E-state index is 0.587. The van der Waals surface area contributed by atoms with Crippen molar-refractivity contribution in [2.75, 3.05) is 7.05 Å². The highest BCUT2D eigenvalue weighted by molar-refractivity contribution is 5.22. The maximum atomic E-state index is 5.53. The van der Waals surface area contributed by atoms with Crippen LogP contribution < -0.4 is 11.1 Å². The van der Waals surface area contributed by atoms with E-state index < -0.39 is 0 Å². The second-order valence-electron chi connectivity index (χ2n) is 3.75. The summed E-state index contributed by atoms with van der Waals surface area (Å²) in [5, 5.41) is 3.24. The maximum Gasteiger partial charge on any atom is 0.0178 e. The van der Waals surface area contributed by atoms with Crippen molar-refractivity contribution in [2.45, 2.75) is 32.4 Å². The van der Waals surface area contributed by atoms with E-state index in [1.165, 1.54) is 17.5 Å². The summed E-state index contributed by atoms with van der Waals surface area (Å²) in [7, 11) is 2.00. The molecule has 1 rings (SSSR count). The lowest BCUT2D eigenvalue weighted by Gasteiger charge is -2.09. The topological polar surface area (TPSA) is 38.0 Å². The van der Waals surface area contributed by atoms with Gasteiger partial charge in [-0.3, -0.25) is 0 Å². The standard InChI is InChI=1S/C12H20N2/c1-10(14-2)3-4-11-5-7-12(9-13)8-6-11/h5-8,10,14H,3-4,9,13H2,1-2H3. The average Bonchev–Trinajstić information content (AvgIpc) is 2.26. The molecule has 2 heteroatoms. The third kappa shape index (κ3) is 3.48. The number of nitrogens with two attached hydrogens (primary N) is 1. The highest BCUT2D eigenvalue weighted by Gasteiger charge is 1.99. The van der Waals surface area contributed by atoms with Crippen molar-refractivity contribution in [1.29, 1.82) is 0 Å². The fourth-order valence-corrected chi connectivity index (χ4v) is 1.37. The highest BCUT2D eigenvalue weighted by Crippen LogP contribution is 2.07. The molecule has 2 nitrogen and oxygen atoms in total. The van der Waals surface area contributed by atoms with Gasteiger partial charge in [0.2, 0.25) is 0 Å². The Morgan fingerprint density at radius 2 is 1.79 bits per heavy atom. The van der Waals surface area contributed by atoms with Crippen molar-refractivity contribution < 1.29 is 0 Å². The van der Waals surface area contributed by atoms with Crippen LogP contribution in [-0.2, 0) is 13.0 Å². The molecular formula is C12H20N2. The minimum Gasteiger partial charge on any atom is -0.326 e. The molecule has 1 aromatic rings. The van der Waals surface area contributed by atoms with Crippen LogP contribution in [0.3, 0.4) is 0 Å². The van der Waals surface area contributed by atoms with Gasteiger partial charge in [-0.15, -0.1) is 0 Å². The van der Waals surface area contributed by atoms with Gasteiger partial charge in [-0.1, -0.05) is 24.3 Å². The molecule has 0 aliphatic rings. The summed E-state index contributed by atoms with van der Waals surface area (Å²) in [5.41, 5.74) is 8.13. The molecule has 0 saturated heterocycles. The first-order valence-electron chi connectivity index (χ1n) is 5.21. The first-order chi connectivity index (χ1) is 6.76. The Morgan fingerprint density at radius 3 is 2.29 bits per heavy atom. The molecule has 0 heterocycles. The second kappa shape index (κ2) is 5.78. The Labute approximate surface area is 86.5 Å². The smallest absolute Gasteiger partial charge is 0.0178 e. The number of hydrogen-bond donors (Lipinski definition) is 2. The molecule has 0 aliphatic heterocycles. The van der Waals surface area contributed by atoms with Crippen molar-refractivity contribution in [2.24, 2.45) is 5.73 Å². The summed E-state index contributed by atoms with van der Waals surface area (Å²) >= 11 is 0. The van der Waals surface area contributed by atoms with E-state index in [9.17, 15) is 0 Å². The predicted molar refractivity (Wildman–Crippen MR) is 61.2 cm³/mol. The largest absolute Gasteiger partial charge is 0.326 e. The van der Waals surface area contributed by atoms with Crippen LogP contribution in [0.15, 0.2) is 24.3 Å². The van der Waals surface area contributed by atoms with Crippen LogP contribution in [0, 0.1) is 0 Å². The first-order valence-corrected chi connectivity index (χ1v) is 5.21. The molecule has 1 aromatic carbocycles. The Kier molecular flexibility index (Phi) is 4.63. The molecule has 14 heavy (non-hydrogen) atoms. The van der Waals surface area contributed by atoms with Crippen molar-refractivity contribution in [3.05, 3.63) is 35.4 Å². The molecule has 0 radical (unpaired) electrons. The number of hydrogen-bond acceptors (Lipinski definition) is 2. The van der Waals surface area contributed by atoms with Crippen molar-refractivity contribution >= 4 is 0 Å². The Balaban J connectivity index is 2.43. The maximum absolute atomic E-state index is 5.53. The van der Waals surface area contributed by atoms with Gasteiger partial charge in [0, 0.05) is 12.6 Å². The molecule has 0 aliphatic carbocycles. The summed E-state index contributed by atoms with van der Waals surface area (Å²) < 4.78 is 0. The van der Waals surface area contributed by atoms with Gasteiger partial charge in [-0.2, -0.15) is 0 Å². The second-order valence-corrected chi connectivity index (χ2v) is 3.75. The zero-order chi connectivity index (χ0) is 10.4. The lowest BCUT2D eigenvalue weighted by atomic mass is 10.0. The molecule has 0 spiro atoms. The van der Waals surface area contributed by atoms with Gasteiger partial charge >= 0.3 is 0 Å². The normalized spacial score (nSPS) is 12.8. The number of rotatable bonds is 5. The quantitative estimate of drug-likeness (QED) is 0.745. The van der Waals surface area contributed by atoms with Crippen molar-refractivity contribution in [1.82, 2.24) is 5.32 Å². The highest BCUT2D eigenvalue weighted by atomic mass is 14.8. The third-order valence-electron chi connectivity index (χ3n) is 2.62. The van der Waals surface area contributed by atoms with Gasteiger partial charge in [-0.25, -0.2) is 0 Å². The van der Waals surface area contributed by atoms with Crippen LogP contribution in [0.1, 0.15) is 24.5 Å². The van der Waals surface area contributed by atoms with Gasteiger partial charge in [0.1, 0.15) is 0 Å². The van der Waals surface area contributed by atoms with Gasteiger partial charge in [0.15, 0.2) is 0 Å². The van der Waals surface area contributed by atoms with Crippen molar-refractivity contribution in [3.8, 4) is 0 Å². The van der Waals surface area contributed by atoms with Crippen LogP contribution in [-0.4, -0.2) is 13.1 Å². The fourth-order valence-electron chi connectivity index (χ4n) is 1.37. The minimum absolute atomic E-state index is 0.587. The molecule has 0 aromatic heterocycles. The lowest BCUT2D eigenvalue weighted by Crippen LogP contribution is -2.21. The summed E-state index contributed by atoms with van der Waals surface area (Å²) in [6, 6.07) is 9.15. The lowest BCUT2D eigenvalue weighted by molar-refractivity contribution is 0.565. The van der Waals surface area contributed by atoms with Crippen LogP contribution in [0.4, 0.5) is 0 Å². The molecule has 0 amide bonds. The zero-order valence-corrected chi connectivity index (χ0v) is 9.09. The Bertz CT molecular complexity index is 254. The van der Waals surface area contributed by atoms with Crippen LogP contribution in [0.5, 0.6) is 0 Å². The molecular weight excluding hydrogens is 172 g/mol. The van der Waals surface area contributed by atoms with Crippen LogP contribution in [0.25, 0.3) is 0 Å². The van der Waals surface area contributed by atoms with Gasteiger partial charge < -0.3 is 11.1 Å². The summed E-state index contributed by atoms with van der Waals surface area (Å²) in [5.74, 6) is 0. The fraction of sp³-hybridized carbons (Fsp3) is 0.500. The van der Waals surface area contributed by atoms with E-state index in [2.05, 4.69) is 36.5 Å². The van der Waals surface area contributed by atoms with E-state index in [1.807, 2.05) is 7.05 Å². The molecule has 0 fully saturated rings. The molecule has 0 bridgehead atoms. The van der Waals surface area contributed by atoms with E-state index in [-0.39, 0.29) is 0 Å². The van der Waals surface area contributed by atoms with Gasteiger partial charge in [-0.05, 0) is 37.9 Å². The first kappa shape index (κ1) is 11.2. The van der Waals surface area contributed by atoms with E-state index in [1.54, 1.807) is 0 Å². The Morgan fingerprint density at radius 1 is 1.21 bits per heavy atom. The molecule has 78 valence electrons. The van der Waals surface area contributed by atoms with Crippen LogP contribution in [0.2, 0.25) is 0 Å². The van der Waals surface area contributed by atoms with Gasteiger partial charge in [0.25, 0.3) is 0 Å². The zero-order valence-electron chi connectivity index (χ0n) is 9.09. The third-order valence-corrected chi connectivity index (χ3v) is 2.62. The van der Waals surface area contributed by atoms with Crippen LogP contribution >= 0.6 is 0 Å². The Hall–Kier alpha value is -0.860.